The fraction of sp³-hybridized carbons (Fsp3) is 0.875. The molecule has 1 heteroatoms. The van der Waals surface area contributed by atoms with Gasteiger partial charge in [-0.25, -0.2) is 0 Å². The summed E-state index contributed by atoms with van der Waals surface area (Å²) in [7, 11) is 0. The highest BCUT2D eigenvalue weighted by atomic mass is 16.1. The third-order valence-electron chi connectivity index (χ3n) is 1.16. The van der Waals surface area contributed by atoms with Crippen molar-refractivity contribution >= 4 is 5.78 Å². The Labute approximate surface area is 58.5 Å². The summed E-state index contributed by atoms with van der Waals surface area (Å²) < 4.78 is 0. The lowest BCUT2D eigenvalue weighted by Crippen LogP contribution is -2.18. The van der Waals surface area contributed by atoms with Crippen LogP contribution >= 0.6 is 0 Å². The first-order valence-electron chi connectivity index (χ1n) is 3.01. The molecule has 0 radical (unpaired) electrons. The first-order chi connectivity index (χ1) is 3.48. The van der Waals surface area contributed by atoms with E-state index >= 15 is 0 Å². The van der Waals surface area contributed by atoms with Crippen LogP contribution in [0.2, 0.25) is 0 Å². The molecular formula is C8H18O. The number of ketones is 1. The van der Waals surface area contributed by atoms with Crippen LogP contribution in [0, 0.1) is 5.41 Å². The highest BCUT2D eigenvalue weighted by Crippen LogP contribution is 2.15. The smallest absolute Gasteiger partial charge is 0.137 e. The van der Waals surface area contributed by atoms with Crippen LogP contribution in [0.3, 0.4) is 0 Å². The first-order valence-corrected chi connectivity index (χ1v) is 3.01. The zero-order valence-corrected chi connectivity index (χ0v) is 6.12. The van der Waals surface area contributed by atoms with Crippen molar-refractivity contribution in [2.24, 2.45) is 5.41 Å². The van der Waals surface area contributed by atoms with Crippen molar-refractivity contribution in [2.45, 2.75) is 41.5 Å². The molecule has 0 aliphatic carbocycles. The summed E-state index contributed by atoms with van der Waals surface area (Å²) in [6.45, 7) is 7.73. The Morgan fingerprint density at radius 3 is 1.67 bits per heavy atom. The molecular weight excluding hydrogens is 112 g/mol. The molecule has 0 saturated heterocycles. The van der Waals surface area contributed by atoms with E-state index in [1.807, 2.05) is 27.7 Å². The molecule has 0 fully saturated rings. The molecule has 0 unspecified atom stereocenters. The van der Waals surface area contributed by atoms with Gasteiger partial charge in [-0.3, -0.25) is 4.79 Å². The van der Waals surface area contributed by atoms with Gasteiger partial charge in [-0.15, -0.1) is 0 Å². The molecule has 0 aromatic heterocycles. The maximum absolute atomic E-state index is 10.8. The summed E-state index contributed by atoms with van der Waals surface area (Å²) in [5.41, 5.74) is -0.130. The highest BCUT2D eigenvalue weighted by Gasteiger charge is 2.17. The van der Waals surface area contributed by atoms with E-state index < -0.39 is 0 Å². The molecule has 0 bridgehead atoms. The average Bonchev–Trinajstić information content (AvgIpc) is 1.62. The summed E-state index contributed by atoms with van der Waals surface area (Å²) in [6.07, 6.45) is 0.656. The van der Waals surface area contributed by atoms with E-state index in [9.17, 15) is 4.79 Å². The minimum Gasteiger partial charge on any atom is -0.299 e. The van der Waals surface area contributed by atoms with Gasteiger partial charge in [0.25, 0.3) is 0 Å². The van der Waals surface area contributed by atoms with E-state index in [1.165, 1.54) is 0 Å². The largest absolute Gasteiger partial charge is 0.299 e. The quantitative estimate of drug-likeness (QED) is 0.533. The lowest BCUT2D eigenvalue weighted by atomic mass is 9.90. The number of Topliss-reactive ketones (excluding diaryl/α,β-unsaturated/α-hetero) is 1. The van der Waals surface area contributed by atoms with Crippen LogP contribution in [0.25, 0.3) is 0 Å². The molecule has 0 atom stereocenters. The normalized spacial score (nSPS) is 10.2. The summed E-state index contributed by atoms with van der Waals surface area (Å²) in [5, 5.41) is 0. The molecule has 0 rings (SSSR count). The Bertz CT molecular complexity index is 87.2. The molecule has 9 heavy (non-hydrogen) atoms. The van der Waals surface area contributed by atoms with E-state index in [4.69, 9.17) is 0 Å². The second-order valence-corrected chi connectivity index (χ2v) is 3.03. The summed E-state index contributed by atoms with van der Waals surface area (Å²) in [4.78, 5) is 10.8. The minimum atomic E-state index is -0.130. The van der Waals surface area contributed by atoms with Crippen LogP contribution < -0.4 is 0 Å². The molecule has 1 nitrogen and oxygen atoms in total. The van der Waals surface area contributed by atoms with Crippen molar-refractivity contribution in [3.8, 4) is 0 Å². The van der Waals surface area contributed by atoms with Crippen LogP contribution in [0.5, 0.6) is 0 Å². The van der Waals surface area contributed by atoms with Gasteiger partial charge in [-0.1, -0.05) is 35.1 Å². The predicted octanol–water partition coefficient (Wildman–Crippen LogP) is 2.65. The van der Waals surface area contributed by atoms with E-state index in [0.29, 0.717) is 12.2 Å². The average molecular weight is 130 g/mol. The van der Waals surface area contributed by atoms with Gasteiger partial charge in [0.05, 0.1) is 0 Å². The number of rotatable bonds is 1. The first kappa shape index (κ1) is 11.5. The second kappa shape index (κ2) is 3.65. The van der Waals surface area contributed by atoms with Gasteiger partial charge in [0, 0.05) is 11.8 Å². The summed E-state index contributed by atoms with van der Waals surface area (Å²) in [6, 6.07) is 0. The lowest BCUT2D eigenvalue weighted by molar-refractivity contribution is -0.125. The summed E-state index contributed by atoms with van der Waals surface area (Å²) >= 11 is 0. The molecule has 56 valence electrons. The Balaban J connectivity index is 0. The van der Waals surface area contributed by atoms with Crippen LogP contribution in [0.4, 0.5) is 0 Å². The molecule has 0 saturated carbocycles. The van der Waals surface area contributed by atoms with Gasteiger partial charge >= 0.3 is 0 Å². The third-order valence-corrected chi connectivity index (χ3v) is 1.16. The Kier molecular flexibility index (Phi) is 4.65. The second-order valence-electron chi connectivity index (χ2n) is 3.03. The van der Waals surface area contributed by atoms with Crippen molar-refractivity contribution in [2.75, 3.05) is 0 Å². The maximum atomic E-state index is 10.8. The van der Waals surface area contributed by atoms with Crippen LogP contribution in [-0.4, -0.2) is 5.78 Å². The molecule has 0 aliphatic rings. The van der Waals surface area contributed by atoms with Crippen LogP contribution in [-0.2, 0) is 4.79 Å². The third kappa shape index (κ3) is 4.19. The SMILES string of the molecule is C.CCC(=O)C(C)(C)C. The van der Waals surface area contributed by atoms with Gasteiger partial charge in [-0.2, -0.15) is 0 Å². The van der Waals surface area contributed by atoms with Gasteiger partial charge in [0.15, 0.2) is 0 Å². The van der Waals surface area contributed by atoms with E-state index in [-0.39, 0.29) is 12.8 Å². The van der Waals surface area contributed by atoms with Crippen LogP contribution in [0.1, 0.15) is 41.5 Å². The summed E-state index contributed by atoms with van der Waals surface area (Å²) in [5.74, 6) is 0.331. The molecule has 0 amide bonds. The number of hydrogen-bond donors (Lipinski definition) is 0. The molecule has 0 aromatic rings. The van der Waals surface area contributed by atoms with Crippen molar-refractivity contribution in [3.63, 3.8) is 0 Å². The van der Waals surface area contributed by atoms with Crippen molar-refractivity contribution in [1.29, 1.82) is 0 Å². The van der Waals surface area contributed by atoms with Gasteiger partial charge in [0.2, 0.25) is 0 Å². The lowest BCUT2D eigenvalue weighted by Gasteiger charge is -2.13. The zero-order chi connectivity index (χ0) is 6.78. The molecule has 0 aliphatic heterocycles. The van der Waals surface area contributed by atoms with Gasteiger partial charge in [0.1, 0.15) is 5.78 Å². The van der Waals surface area contributed by atoms with Crippen molar-refractivity contribution in [1.82, 2.24) is 0 Å². The molecule has 0 heterocycles. The molecule has 0 N–H and O–H groups in total. The van der Waals surface area contributed by atoms with Gasteiger partial charge < -0.3 is 0 Å². The Morgan fingerprint density at radius 2 is 1.67 bits per heavy atom. The van der Waals surface area contributed by atoms with Gasteiger partial charge in [-0.05, 0) is 0 Å². The van der Waals surface area contributed by atoms with Crippen LogP contribution in [0.15, 0.2) is 0 Å². The number of hydrogen-bond acceptors (Lipinski definition) is 1. The van der Waals surface area contributed by atoms with E-state index in [1.54, 1.807) is 0 Å². The number of carbonyl (C=O) groups is 1. The molecule has 0 aromatic carbocycles. The molecule has 0 spiro atoms. The van der Waals surface area contributed by atoms with Crippen molar-refractivity contribution < 1.29 is 4.79 Å². The monoisotopic (exact) mass is 130 g/mol. The van der Waals surface area contributed by atoms with Crippen molar-refractivity contribution in [3.05, 3.63) is 0 Å². The minimum absolute atomic E-state index is 0. The van der Waals surface area contributed by atoms with E-state index in [2.05, 4.69) is 0 Å². The standard InChI is InChI=1S/C7H14O.CH4/c1-5-6(8)7(2,3)4;/h5H2,1-4H3;1H4. The maximum Gasteiger partial charge on any atom is 0.137 e. The Hall–Kier alpha value is -0.330. The zero-order valence-electron chi connectivity index (χ0n) is 6.12. The number of carbonyl (C=O) groups excluding carboxylic acids is 1. The topological polar surface area (TPSA) is 17.1 Å². The Morgan fingerprint density at radius 1 is 1.33 bits per heavy atom. The van der Waals surface area contributed by atoms with E-state index in [0.717, 1.165) is 0 Å². The fourth-order valence-electron chi connectivity index (χ4n) is 0.530. The highest BCUT2D eigenvalue weighted by molar-refractivity contribution is 5.83. The predicted molar refractivity (Wildman–Crippen MR) is 41.5 cm³/mol. The fourth-order valence-corrected chi connectivity index (χ4v) is 0.530.